The van der Waals surface area contributed by atoms with E-state index in [0.717, 1.165) is 11.2 Å². The van der Waals surface area contributed by atoms with Crippen molar-refractivity contribution in [2.24, 2.45) is 0 Å². The first-order valence-corrected chi connectivity index (χ1v) is 6.59. The number of fused-ring (bicyclic) bond motifs is 1. The van der Waals surface area contributed by atoms with E-state index >= 15 is 0 Å². The molecule has 17 heavy (non-hydrogen) atoms. The van der Waals surface area contributed by atoms with E-state index in [1.807, 2.05) is 31.5 Å². The van der Waals surface area contributed by atoms with Crippen LogP contribution in [0.15, 0.2) is 23.4 Å². The molecule has 2 heterocycles. The molecular formula is C12H14N2O2S. The number of ether oxygens (including phenoxy) is 1. The number of carbonyl (C=O) groups is 1. The van der Waals surface area contributed by atoms with Gasteiger partial charge in [0.1, 0.15) is 10.7 Å². The Balaban J connectivity index is 2.64. The first kappa shape index (κ1) is 12.0. The minimum Gasteiger partial charge on any atom is -0.461 e. The summed E-state index contributed by atoms with van der Waals surface area (Å²) < 4.78 is 6.85. The van der Waals surface area contributed by atoms with Gasteiger partial charge >= 0.3 is 5.97 Å². The van der Waals surface area contributed by atoms with Crippen molar-refractivity contribution in [1.82, 2.24) is 9.38 Å². The van der Waals surface area contributed by atoms with Gasteiger partial charge in [-0.25, -0.2) is 9.78 Å². The standard InChI is InChI=1S/C12H14N2O2S/c1-4-16-12(15)10-11(17-3)13-9-6-5-8(2)7-14(9)10/h5-7H,4H2,1-3H3. The van der Waals surface area contributed by atoms with E-state index < -0.39 is 0 Å². The molecule has 0 unspecified atom stereocenters. The van der Waals surface area contributed by atoms with Crippen LogP contribution in [-0.2, 0) is 4.74 Å². The van der Waals surface area contributed by atoms with Crippen LogP contribution >= 0.6 is 11.8 Å². The SMILES string of the molecule is CCOC(=O)c1c(SC)nc2ccc(C)cn12. The highest BCUT2D eigenvalue weighted by Gasteiger charge is 2.19. The average Bonchev–Trinajstić information content (AvgIpc) is 2.66. The third kappa shape index (κ3) is 2.15. The highest BCUT2D eigenvalue weighted by Crippen LogP contribution is 2.22. The van der Waals surface area contributed by atoms with Crippen LogP contribution in [0.2, 0.25) is 0 Å². The molecular weight excluding hydrogens is 236 g/mol. The predicted molar refractivity (Wildman–Crippen MR) is 67.7 cm³/mol. The van der Waals surface area contributed by atoms with Gasteiger partial charge in [0.15, 0.2) is 5.69 Å². The van der Waals surface area contributed by atoms with Crippen molar-refractivity contribution in [3.8, 4) is 0 Å². The fourth-order valence-electron chi connectivity index (χ4n) is 1.66. The molecule has 0 fully saturated rings. The summed E-state index contributed by atoms with van der Waals surface area (Å²) in [5.74, 6) is -0.324. The molecule has 0 amide bonds. The first-order chi connectivity index (χ1) is 8.17. The largest absolute Gasteiger partial charge is 0.461 e. The second-order valence-electron chi connectivity index (χ2n) is 3.62. The van der Waals surface area contributed by atoms with Crippen molar-refractivity contribution in [2.45, 2.75) is 18.9 Å². The molecule has 0 saturated heterocycles. The molecule has 0 bridgehead atoms. The van der Waals surface area contributed by atoms with Crippen molar-refractivity contribution >= 4 is 23.4 Å². The van der Waals surface area contributed by atoms with E-state index in [9.17, 15) is 4.79 Å². The zero-order chi connectivity index (χ0) is 12.4. The summed E-state index contributed by atoms with van der Waals surface area (Å²) in [5, 5.41) is 0.703. The third-order valence-corrected chi connectivity index (χ3v) is 3.07. The molecule has 0 radical (unpaired) electrons. The van der Waals surface area contributed by atoms with E-state index in [4.69, 9.17) is 4.74 Å². The van der Waals surface area contributed by atoms with Gasteiger partial charge in [-0.05, 0) is 31.7 Å². The van der Waals surface area contributed by atoms with Gasteiger partial charge in [-0.15, -0.1) is 11.8 Å². The first-order valence-electron chi connectivity index (χ1n) is 5.37. The van der Waals surface area contributed by atoms with Crippen molar-refractivity contribution in [1.29, 1.82) is 0 Å². The zero-order valence-corrected chi connectivity index (χ0v) is 10.9. The number of esters is 1. The number of rotatable bonds is 3. The lowest BCUT2D eigenvalue weighted by Gasteiger charge is -2.03. The molecule has 4 nitrogen and oxygen atoms in total. The van der Waals surface area contributed by atoms with Gasteiger partial charge in [0.05, 0.1) is 6.61 Å². The summed E-state index contributed by atoms with van der Waals surface area (Å²) >= 11 is 1.45. The Bertz CT molecular complexity index is 563. The van der Waals surface area contributed by atoms with Gasteiger partial charge in [-0.1, -0.05) is 6.07 Å². The minimum absolute atomic E-state index is 0.324. The smallest absolute Gasteiger partial charge is 0.358 e. The Hall–Kier alpha value is -1.49. The van der Waals surface area contributed by atoms with Crippen molar-refractivity contribution < 1.29 is 9.53 Å². The maximum atomic E-state index is 11.9. The number of hydrogen-bond acceptors (Lipinski definition) is 4. The monoisotopic (exact) mass is 250 g/mol. The second-order valence-corrected chi connectivity index (χ2v) is 4.42. The topological polar surface area (TPSA) is 43.6 Å². The molecule has 0 aliphatic heterocycles. The average molecular weight is 250 g/mol. The van der Waals surface area contributed by atoms with Gasteiger partial charge in [0, 0.05) is 6.20 Å². The van der Waals surface area contributed by atoms with Crippen LogP contribution in [0.4, 0.5) is 0 Å². The summed E-state index contributed by atoms with van der Waals surface area (Å²) in [6.07, 6.45) is 3.80. The Labute approximate surface area is 104 Å². The molecule has 0 atom stereocenters. The maximum absolute atomic E-state index is 11.9. The second kappa shape index (κ2) is 4.79. The number of thioether (sulfide) groups is 1. The van der Waals surface area contributed by atoms with E-state index in [-0.39, 0.29) is 5.97 Å². The Morgan fingerprint density at radius 3 is 2.94 bits per heavy atom. The molecule has 0 saturated carbocycles. The van der Waals surface area contributed by atoms with Gasteiger partial charge in [0.2, 0.25) is 0 Å². The lowest BCUT2D eigenvalue weighted by atomic mass is 10.3. The van der Waals surface area contributed by atoms with Gasteiger partial charge in [0.25, 0.3) is 0 Å². The molecule has 2 aromatic heterocycles. The molecule has 0 N–H and O–H groups in total. The van der Waals surface area contributed by atoms with Crippen LogP contribution in [0.3, 0.4) is 0 Å². The molecule has 90 valence electrons. The molecule has 2 aromatic rings. The molecule has 0 aliphatic carbocycles. The van der Waals surface area contributed by atoms with Crippen LogP contribution in [0.1, 0.15) is 23.0 Å². The number of nitrogens with zero attached hydrogens (tertiary/aromatic N) is 2. The number of carbonyl (C=O) groups excluding carboxylic acids is 1. The molecule has 2 rings (SSSR count). The highest BCUT2D eigenvalue weighted by atomic mass is 32.2. The summed E-state index contributed by atoms with van der Waals surface area (Å²) in [6, 6.07) is 3.87. The summed E-state index contributed by atoms with van der Waals surface area (Å²) in [6.45, 7) is 4.14. The van der Waals surface area contributed by atoms with Crippen LogP contribution in [0.5, 0.6) is 0 Å². The van der Waals surface area contributed by atoms with Crippen LogP contribution in [-0.4, -0.2) is 28.2 Å². The molecule has 0 aromatic carbocycles. The van der Waals surface area contributed by atoms with Crippen molar-refractivity contribution in [3.05, 3.63) is 29.6 Å². The maximum Gasteiger partial charge on any atom is 0.358 e. The lowest BCUT2D eigenvalue weighted by Crippen LogP contribution is -2.09. The van der Waals surface area contributed by atoms with Crippen LogP contribution < -0.4 is 0 Å². The van der Waals surface area contributed by atoms with Crippen LogP contribution in [0, 0.1) is 6.92 Å². The van der Waals surface area contributed by atoms with Crippen LogP contribution in [0.25, 0.3) is 5.65 Å². The van der Waals surface area contributed by atoms with E-state index in [1.54, 1.807) is 11.3 Å². The molecule has 0 spiro atoms. The third-order valence-electron chi connectivity index (χ3n) is 2.40. The van der Waals surface area contributed by atoms with Crippen molar-refractivity contribution in [3.63, 3.8) is 0 Å². The van der Waals surface area contributed by atoms with E-state index in [2.05, 4.69) is 4.98 Å². The normalized spacial score (nSPS) is 10.8. The van der Waals surface area contributed by atoms with Gasteiger partial charge < -0.3 is 4.74 Å². The Morgan fingerprint density at radius 1 is 1.53 bits per heavy atom. The predicted octanol–water partition coefficient (Wildman–Crippen LogP) is 2.54. The Kier molecular flexibility index (Phi) is 3.38. The molecule has 5 heteroatoms. The fourth-order valence-corrected chi connectivity index (χ4v) is 2.22. The highest BCUT2D eigenvalue weighted by molar-refractivity contribution is 7.98. The van der Waals surface area contributed by atoms with E-state index in [1.165, 1.54) is 11.8 Å². The lowest BCUT2D eigenvalue weighted by molar-refractivity contribution is 0.0513. The van der Waals surface area contributed by atoms with E-state index in [0.29, 0.717) is 17.3 Å². The Morgan fingerprint density at radius 2 is 2.29 bits per heavy atom. The summed E-state index contributed by atoms with van der Waals surface area (Å²) in [5.41, 5.74) is 2.36. The van der Waals surface area contributed by atoms with Crippen molar-refractivity contribution in [2.75, 3.05) is 12.9 Å². The quantitative estimate of drug-likeness (QED) is 0.620. The number of pyridine rings is 1. The number of imidazole rings is 1. The number of hydrogen-bond donors (Lipinski definition) is 0. The van der Waals surface area contributed by atoms with Gasteiger partial charge in [-0.2, -0.15) is 0 Å². The summed E-state index contributed by atoms with van der Waals surface area (Å²) in [4.78, 5) is 16.3. The zero-order valence-electron chi connectivity index (χ0n) is 10.1. The van der Waals surface area contributed by atoms with Gasteiger partial charge in [-0.3, -0.25) is 4.40 Å². The number of aryl methyl sites for hydroxylation is 1. The summed E-state index contributed by atoms with van der Waals surface area (Å²) in [7, 11) is 0. The fraction of sp³-hybridized carbons (Fsp3) is 0.333. The molecule has 0 aliphatic rings. The minimum atomic E-state index is -0.324. The number of aromatic nitrogens is 2.